The zero-order valence-corrected chi connectivity index (χ0v) is 9.07. The van der Waals surface area contributed by atoms with Gasteiger partial charge in [0.15, 0.2) is 0 Å². The summed E-state index contributed by atoms with van der Waals surface area (Å²) in [7, 11) is 0. The molecule has 0 aliphatic heterocycles. The van der Waals surface area contributed by atoms with Gasteiger partial charge in [0.2, 0.25) is 0 Å². The highest BCUT2D eigenvalue weighted by atomic mass is 35.5. The lowest BCUT2D eigenvalue weighted by molar-refractivity contribution is -0.657. The lowest BCUT2D eigenvalue weighted by Gasteiger charge is -2.33. The van der Waals surface area contributed by atoms with Gasteiger partial charge in [-0.3, -0.25) is 0 Å². The van der Waals surface area contributed by atoms with Crippen LogP contribution in [-0.2, 0) is 0 Å². The Balaban J connectivity index is 0. The average molecular weight is 196 g/mol. The van der Waals surface area contributed by atoms with Crippen LogP contribution in [0.15, 0.2) is 0 Å². The maximum Gasteiger partial charge on any atom is 0.510 e. The van der Waals surface area contributed by atoms with Crippen LogP contribution >= 0.6 is 0 Å². The van der Waals surface area contributed by atoms with Crippen molar-refractivity contribution in [2.75, 3.05) is 0 Å². The number of carbonyl (C=O) groups is 1. The van der Waals surface area contributed by atoms with Crippen LogP contribution in [0.2, 0.25) is 0 Å². The van der Waals surface area contributed by atoms with Crippen molar-refractivity contribution in [1.82, 2.24) is 0 Å². The summed E-state index contributed by atoms with van der Waals surface area (Å²) in [4.78, 5) is 10.4. The minimum Gasteiger partial charge on any atom is -1.00 e. The maximum atomic E-state index is 10.4. The molecule has 0 aliphatic rings. The monoisotopic (exact) mass is 195 g/mol. The summed E-state index contributed by atoms with van der Waals surface area (Å²) >= 11 is 0. The van der Waals surface area contributed by atoms with Crippen LogP contribution < -0.4 is 17.7 Å². The molecule has 0 saturated heterocycles. The van der Waals surface area contributed by atoms with Gasteiger partial charge in [-0.05, 0) is 13.8 Å². The molecule has 0 atom stereocenters. The molecular weight excluding hydrogens is 178 g/mol. The van der Waals surface area contributed by atoms with E-state index in [2.05, 4.69) is 0 Å². The van der Waals surface area contributed by atoms with Crippen LogP contribution in [0.25, 0.3) is 0 Å². The van der Waals surface area contributed by atoms with Crippen LogP contribution in [0.1, 0.15) is 34.6 Å². The molecule has 3 nitrogen and oxygen atoms in total. The Labute approximate surface area is 80.0 Å². The Morgan fingerprint density at radius 2 is 1.50 bits per heavy atom. The molecule has 0 aromatic heterocycles. The predicted octanol–water partition coefficient (Wildman–Crippen LogP) is -1.94. The normalized spacial score (nSPS) is 12.1. The lowest BCUT2D eigenvalue weighted by Crippen LogP contribution is -3.00. The summed E-state index contributed by atoms with van der Waals surface area (Å²) in [6, 6.07) is 0. The van der Waals surface area contributed by atoms with Gasteiger partial charge in [-0.15, -0.1) is 0 Å². The van der Waals surface area contributed by atoms with Gasteiger partial charge in [-0.25, -0.2) is 5.32 Å². The van der Waals surface area contributed by atoms with E-state index in [0.717, 1.165) is 0 Å². The molecule has 0 aliphatic carbocycles. The van der Waals surface area contributed by atoms with Crippen molar-refractivity contribution in [3.63, 3.8) is 0 Å². The molecule has 4 heteroatoms. The van der Waals surface area contributed by atoms with Gasteiger partial charge in [0.1, 0.15) is 5.54 Å². The molecule has 74 valence electrons. The summed E-state index contributed by atoms with van der Waals surface area (Å²) in [5.41, 5.74) is -0.274. The number of hydrogen-bond acceptors (Lipinski definition) is 1. The quantitative estimate of drug-likeness (QED) is 0.512. The van der Waals surface area contributed by atoms with Crippen LogP contribution in [0.4, 0.5) is 4.79 Å². The van der Waals surface area contributed by atoms with Crippen LogP contribution in [-0.4, -0.2) is 16.7 Å². The zero-order valence-electron chi connectivity index (χ0n) is 8.31. The fourth-order valence-corrected chi connectivity index (χ4v) is 0.525. The van der Waals surface area contributed by atoms with Gasteiger partial charge in [0.25, 0.3) is 0 Å². The van der Waals surface area contributed by atoms with Crippen molar-refractivity contribution in [2.24, 2.45) is 5.41 Å². The number of hydrogen-bond donors (Lipinski definition) is 2. The van der Waals surface area contributed by atoms with E-state index < -0.39 is 6.09 Å². The number of halogens is 1. The predicted molar refractivity (Wildman–Crippen MR) is 43.5 cm³/mol. The van der Waals surface area contributed by atoms with Crippen LogP contribution in [0.5, 0.6) is 0 Å². The second-order valence-electron chi connectivity index (χ2n) is 4.45. The Morgan fingerprint density at radius 1 is 1.17 bits per heavy atom. The fraction of sp³-hybridized carbons (Fsp3) is 0.875. The average Bonchev–Trinajstić information content (AvgIpc) is 1.56. The van der Waals surface area contributed by atoms with E-state index >= 15 is 0 Å². The third-order valence-electron chi connectivity index (χ3n) is 2.42. The number of rotatable bonds is 1. The second kappa shape index (κ2) is 4.10. The number of nitrogens with two attached hydrogens (primary N) is 1. The van der Waals surface area contributed by atoms with Gasteiger partial charge >= 0.3 is 6.09 Å². The maximum absolute atomic E-state index is 10.4. The fourth-order valence-electron chi connectivity index (χ4n) is 0.525. The summed E-state index contributed by atoms with van der Waals surface area (Å²) < 4.78 is 0. The Hall–Kier alpha value is -0.280. The molecule has 0 heterocycles. The highest BCUT2D eigenvalue weighted by Crippen LogP contribution is 2.25. The molecule has 0 saturated carbocycles. The van der Waals surface area contributed by atoms with E-state index in [0.29, 0.717) is 0 Å². The van der Waals surface area contributed by atoms with Crippen LogP contribution in [0.3, 0.4) is 0 Å². The SMILES string of the molecule is CC(C)(C)C(C)(C)[NH2+]C(=O)O.[Cl-]. The van der Waals surface area contributed by atoms with E-state index in [1.54, 1.807) is 0 Å². The molecule has 0 spiro atoms. The Morgan fingerprint density at radius 3 is 1.58 bits per heavy atom. The minimum absolute atomic E-state index is 0. The van der Waals surface area contributed by atoms with Gasteiger partial charge in [-0.1, -0.05) is 20.8 Å². The lowest BCUT2D eigenvalue weighted by atomic mass is 9.76. The first kappa shape index (κ1) is 14.3. The molecule has 0 fully saturated rings. The highest BCUT2D eigenvalue weighted by molar-refractivity contribution is 5.52. The van der Waals surface area contributed by atoms with Crippen LogP contribution in [0, 0.1) is 5.41 Å². The minimum atomic E-state index is -0.843. The topological polar surface area (TPSA) is 53.9 Å². The van der Waals surface area contributed by atoms with E-state index in [1.807, 2.05) is 34.6 Å². The number of amides is 1. The molecule has 3 N–H and O–H groups in total. The summed E-state index contributed by atoms with van der Waals surface area (Å²) in [6.07, 6.45) is -0.843. The van der Waals surface area contributed by atoms with Gasteiger partial charge < -0.3 is 17.5 Å². The first-order valence-electron chi connectivity index (χ1n) is 3.76. The number of primary amides is 1. The summed E-state index contributed by atoms with van der Waals surface area (Å²) in [5.74, 6) is 0. The molecule has 0 radical (unpaired) electrons. The summed E-state index contributed by atoms with van der Waals surface area (Å²) in [5, 5.41) is 9.91. The first-order chi connectivity index (χ1) is 4.67. The smallest absolute Gasteiger partial charge is 0.510 e. The number of carboxylic acid groups (broad SMARTS) is 1. The third-order valence-corrected chi connectivity index (χ3v) is 2.42. The second-order valence-corrected chi connectivity index (χ2v) is 4.45. The molecule has 0 unspecified atom stereocenters. The molecule has 0 aromatic rings. The third kappa shape index (κ3) is 3.93. The van der Waals surface area contributed by atoms with Gasteiger partial charge in [0.05, 0.1) is 0 Å². The van der Waals surface area contributed by atoms with Gasteiger partial charge in [0, 0.05) is 5.41 Å². The Kier molecular flexibility index (Phi) is 4.87. The molecule has 12 heavy (non-hydrogen) atoms. The number of quaternary nitrogens is 1. The van der Waals surface area contributed by atoms with Gasteiger partial charge in [-0.2, -0.15) is 4.79 Å². The van der Waals surface area contributed by atoms with E-state index in [4.69, 9.17) is 5.11 Å². The molecule has 0 bridgehead atoms. The molecule has 1 amide bonds. The molecular formula is C8H18ClNO2. The standard InChI is InChI=1S/C8H17NO2.ClH/c1-7(2,3)8(4,5)9-6(10)11;/h9H,1-5H3,(H,10,11);1H. The Bertz CT molecular complexity index is 161. The van der Waals surface area contributed by atoms with E-state index in [1.165, 1.54) is 5.32 Å². The van der Waals surface area contributed by atoms with Crippen molar-refractivity contribution >= 4 is 6.09 Å². The van der Waals surface area contributed by atoms with Crippen molar-refractivity contribution in [3.05, 3.63) is 0 Å². The summed E-state index contributed by atoms with van der Waals surface area (Å²) in [6.45, 7) is 9.97. The van der Waals surface area contributed by atoms with E-state index in [-0.39, 0.29) is 23.4 Å². The molecule has 0 rings (SSSR count). The van der Waals surface area contributed by atoms with E-state index in [9.17, 15) is 4.79 Å². The largest absolute Gasteiger partial charge is 1.00 e. The van der Waals surface area contributed by atoms with Crippen molar-refractivity contribution in [1.29, 1.82) is 0 Å². The highest BCUT2D eigenvalue weighted by Gasteiger charge is 2.38. The zero-order chi connectivity index (χ0) is 9.28. The first-order valence-corrected chi connectivity index (χ1v) is 3.76. The van der Waals surface area contributed by atoms with Crippen molar-refractivity contribution < 1.29 is 27.6 Å². The van der Waals surface area contributed by atoms with Crippen molar-refractivity contribution in [3.8, 4) is 0 Å². The van der Waals surface area contributed by atoms with Crippen molar-refractivity contribution in [2.45, 2.75) is 40.2 Å². The molecule has 0 aromatic carbocycles.